The summed E-state index contributed by atoms with van der Waals surface area (Å²) < 4.78 is 5.16. The molecule has 3 rings (SSSR count). The lowest BCUT2D eigenvalue weighted by atomic mass is 10.1. The highest BCUT2D eigenvalue weighted by Gasteiger charge is 2.16. The summed E-state index contributed by atoms with van der Waals surface area (Å²) in [6.07, 6.45) is -0.0870. The maximum atomic E-state index is 11.2. The number of aliphatic carboxylic acids is 1. The Bertz CT molecular complexity index is 894. The molecule has 0 spiro atoms. The van der Waals surface area contributed by atoms with E-state index in [9.17, 15) is 9.90 Å². The first kappa shape index (κ1) is 17.3. The minimum atomic E-state index is -0.896. The summed E-state index contributed by atoms with van der Waals surface area (Å²) >= 11 is 7.31. The van der Waals surface area contributed by atoms with Gasteiger partial charge in [-0.1, -0.05) is 17.7 Å². The van der Waals surface area contributed by atoms with Crippen molar-refractivity contribution < 1.29 is 14.6 Å². The number of ether oxygens (including phenoxy) is 1. The van der Waals surface area contributed by atoms with Gasteiger partial charge < -0.3 is 15.2 Å². The van der Waals surface area contributed by atoms with Crippen molar-refractivity contribution in [3.63, 3.8) is 0 Å². The second-order valence-electron chi connectivity index (χ2n) is 5.23. The predicted octanol–water partition coefficient (Wildman–Crippen LogP) is 4.84. The number of carboxylic acid groups (broad SMARTS) is 1. The molecule has 25 heavy (non-hydrogen) atoms. The molecule has 1 heterocycles. The lowest BCUT2D eigenvalue weighted by Crippen LogP contribution is -1.99. The summed E-state index contributed by atoms with van der Waals surface area (Å²) in [5, 5.41) is 13.6. The molecule has 3 aromatic rings. The van der Waals surface area contributed by atoms with E-state index in [1.54, 1.807) is 19.2 Å². The van der Waals surface area contributed by atoms with Gasteiger partial charge in [0.15, 0.2) is 5.13 Å². The lowest BCUT2D eigenvalue weighted by molar-refractivity contribution is -0.136. The van der Waals surface area contributed by atoms with Crippen LogP contribution in [0.4, 0.5) is 10.8 Å². The van der Waals surface area contributed by atoms with Crippen molar-refractivity contribution in [3.05, 3.63) is 58.4 Å². The highest BCUT2D eigenvalue weighted by atomic mass is 35.5. The number of methoxy groups -OCH3 is 1. The quantitative estimate of drug-likeness (QED) is 0.645. The topological polar surface area (TPSA) is 71.5 Å². The number of carbonyl (C=O) groups is 1. The van der Waals surface area contributed by atoms with Crippen LogP contribution in [-0.4, -0.2) is 23.2 Å². The Balaban J connectivity index is 1.95. The van der Waals surface area contributed by atoms with Crippen LogP contribution in [0, 0.1) is 0 Å². The van der Waals surface area contributed by atoms with Gasteiger partial charge in [0.25, 0.3) is 0 Å². The number of carboxylic acids is 1. The van der Waals surface area contributed by atoms with E-state index in [2.05, 4.69) is 10.3 Å². The maximum Gasteiger partial charge on any atom is 0.308 e. The molecule has 0 fully saturated rings. The molecule has 0 aliphatic carbocycles. The first-order chi connectivity index (χ1) is 12.0. The molecule has 0 atom stereocenters. The van der Waals surface area contributed by atoms with Crippen molar-refractivity contribution in [2.24, 2.45) is 0 Å². The third-order valence-corrected chi connectivity index (χ3v) is 4.65. The monoisotopic (exact) mass is 374 g/mol. The van der Waals surface area contributed by atoms with E-state index in [1.165, 1.54) is 11.3 Å². The molecule has 0 radical (unpaired) electrons. The van der Waals surface area contributed by atoms with E-state index in [-0.39, 0.29) is 6.42 Å². The number of anilines is 2. The van der Waals surface area contributed by atoms with Gasteiger partial charge in [0.05, 0.1) is 19.2 Å². The fourth-order valence-corrected chi connectivity index (χ4v) is 3.51. The molecular formula is C18H15ClN2O3S. The lowest BCUT2D eigenvalue weighted by Gasteiger charge is -2.03. The first-order valence-electron chi connectivity index (χ1n) is 7.43. The molecular weight excluding hydrogens is 360 g/mol. The number of halogens is 1. The molecule has 0 aliphatic rings. The minimum absolute atomic E-state index is 0.0870. The minimum Gasteiger partial charge on any atom is -0.497 e. The van der Waals surface area contributed by atoms with Crippen molar-refractivity contribution >= 4 is 39.7 Å². The number of hydrogen-bond donors (Lipinski definition) is 2. The van der Waals surface area contributed by atoms with Crippen LogP contribution in [0.25, 0.3) is 11.3 Å². The number of aromatic nitrogens is 1. The highest BCUT2D eigenvalue weighted by Crippen LogP contribution is 2.34. The number of thiazole rings is 1. The van der Waals surface area contributed by atoms with Gasteiger partial charge in [-0.05, 0) is 42.5 Å². The molecule has 0 unspecified atom stereocenters. The van der Waals surface area contributed by atoms with Gasteiger partial charge in [-0.15, -0.1) is 11.3 Å². The van der Waals surface area contributed by atoms with Crippen LogP contribution < -0.4 is 10.1 Å². The number of rotatable bonds is 6. The second-order valence-corrected chi connectivity index (χ2v) is 6.75. The van der Waals surface area contributed by atoms with Crippen molar-refractivity contribution in [1.82, 2.24) is 4.98 Å². The van der Waals surface area contributed by atoms with Gasteiger partial charge >= 0.3 is 5.97 Å². The Morgan fingerprint density at radius 1 is 1.28 bits per heavy atom. The van der Waals surface area contributed by atoms with Crippen LogP contribution in [0.2, 0.25) is 5.02 Å². The molecule has 0 saturated carbocycles. The molecule has 7 heteroatoms. The van der Waals surface area contributed by atoms with Crippen LogP contribution >= 0.6 is 22.9 Å². The SMILES string of the molecule is COc1ccc(-c2nc(Nc3cccc(Cl)c3)sc2CC(=O)O)cc1. The fraction of sp³-hybridized carbons (Fsp3) is 0.111. The number of benzene rings is 2. The molecule has 0 aliphatic heterocycles. The first-order valence-corrected chi connectivity index (χ1v) is 8.63. The van der Waals surface area contributed by atoms with Gasteiger partial charge in [-0.25, -0.2) is 4.98 Å². The number of nitrogens with one attached hydrogen (secondary N) is 1. The summed E-state index contributed by atoms with van der Waals surface area (Å²) in [5.74, 6) is -0.163. The summed E-state index contributed by atoms with van der Waals surface area (Å²) in [6, 6.07) is 14.6. The largest absolute Gasteiger partial charge is 0.497 e. The maximum absolute atomic E-state index is 11.2. The van der Waals surface area contributed by atoms with Gasteiger partial charge in [-0.3, -0.25) is 4.79 Å². The van der Waals surface area contributed by atoms with Gasteiger partial charge in [0.1, 0.15) is 5.75 Å². The molecule has 0 amide bonds. The summed E-state index contributed by atoms with van der Waals surface area (Å²) in [7, 11) is 1.60. The second kappa shape index (κ2) is 7.55. The fourth-order valence-electron chi connectivity index (χ4n) is 2.33. The number of nitrogens with zero attached hydrogens (tertiary/aromatic N) is 1. The van der Waals surface area contributed by atoms with E-state index in [1.807, 2.05) is 36.4 Å². The zero-order valence-electron chi connectivity index (χ0n) is 13.3. The van der Waals surface area contributed by atoms with Crippen LogP contribution in [0.15, 0.2) is 48.5 Å². The standard InChI is InChI=1S/C18H15ClN2O3S/c1-24-14-7-5-11(6-8-14)17-15(10-16(22)23)25-18(21-17)20-13-4-2-3-12(19)9-13/h2-9H,10H2,1H3,(H,20,21)(H,22,23). The zero-order chi connectivity index (χ0) is 17.8. The Hall–Kier alpha value is -2.57. The van der Waals surface area contributed by atoms with Crippen LogP contribution in [-0.2, 0) is 11.2 Å². The third-order valence-electron chi connectivity index (χ3n) is 3.45. The van der Waals surface area contributed by atoms with E-state index >= 15 is 0 Å². The molecule has 0 bridgehead atoms. The van der Waals surface area contributed by atoms with E-state index in [4.69, 9.17) is 16.3 Å². The molecule has 5 nitrogen and oxygen atoms in total. The van der Waals surface area contributed by atoms with Crippen LogP contribution in [0.3, 0.4) is 0 Å². The average molecular weight is 375 g/mol. The summed E-state index contributed by atoms with van der Waals surface area (Å²) in [4.78, 5) is 16.4. The van der Waals surface area contributed by atoms with Crippen molar-refractivity contribution in [2.45, 2.75) is 6.42 Å². The summed E-state index contributed by atoms with van der Waals surface area (Å²) in [5.41, 5.74) is 2.29. The molecule has 1 aromatic heterocycles. The van der Waals surface area contributed by atoms with E-state index < -0.39 is 5.97 Å². The summed E-state index contributed by atoms with van der Waals surface area (Å²) in [6.45, 7) is 0. The normalized spacial score (nSPS) is 10.5. The Morgan fingerprint density at radius 3 is 2.68 bits per heavy atom. The molecule has 0 saturated heterocycles. The Labute approximate surface area is 153 Å². The highest BCUT2D eigenvalue weighted by molar-refractivity contribution is 7.16. The predicted molar refractivity (Wildman–Crippen MR) is 100 cm³/mol. The average Bonchev–Trinajstić information content (AvgIpc) is 2.96. The van der Waals surface area contributed by atoms with Crippen molar-refractivity contribution in [2.75, 3.05) is 12.4 Å². The van der Waals surface area contributed by atoms with Crippen LogP contribution in [0.1, 0.15) is 4.88 Å². The van der Waals surface area contributed by atoms with Gasteiger partial charge in [0, 0.05) is 21.2 Å². The van der Waals surface area contributed by atoms with Crippen molar-refractivity contribution in [3.8, 4) is 17.0 Å². The molecule has 128 valence electrons. The van der Waals surface area contributed by atoms with Gasteiger partial charge in [-0.2, -0.15) is 0 Å². The van der Waals surface area contributed by atoms with E-state index in [0.717, 1.165) is 17.0 Å². The Morgan fingerprint density at radius 2 is 2.04 bits per heavy atom. The van der Waals surface area contributed by atoms with E-state index in [0.29, 0.717) is 20.7 Å². The van der Waals surface area contributed by atoms with Gasteiger partial charge in [0.2, 0.25) is 0 Å². The van der Waals surface area contributed by atoms with Crippen molar-refractivity contribution in [1.29, 1.82) is 0 Å². The number of hydrogen-bond acceptors (Lipinski definition) is 5. The molecule has 2 aromatic carbocycles. The molecule has 2 N–H and O–H groups in total. The smallest absolute Gasteiger partial charge is 0.308 e. The van der Waals surface area contributed by atoms with Crippen LogP contribution in [0.5, 0.6) is 5.75 Å². The third kappa shape index (κ3) is 4.29. The Kier molecular flexibility index (Phi) is 5.21. The zero-order valence-corrected chi connectivity index (χ0v) is 14.9.